The van der Waals surface area contributed by atoms with Crippen LogP contribution >= 0.6 is 0 Å². The zero-order valence-electron chi connectivity index (χ0n) is 13.3. The van der Waals surface area contributed by atoms with Gasteiger partial charge >= 0.3 is 12.1 Å². The molecule has 8 heteroatoms. The average Bonchev–Trinajstić information content (AvgIpc) is 2.42. The molecule has 1 unspecified atom stereocenters. The Morgan fingerprint density at radius 3 is 2.50 bits per heavy atom. The zero-order chi connectivity index (χ0) is 16.8. The minimum Gasteiger partial charge on any atom is -0.479 e. The molecule has 2 atom stereocenters. The highest BCUT2D eigenvalue weighted by Crippen LogP contribution is 2.26. The Morgan fingerprint density at radius 1 is 1.32 bits per heavy atom. The number of hydrogen-bond donors (Lipinski definition) is 3. The Morgan fingerprint density at radius 2 is 2.00 bits per heavy atom. The van der Waals surface area contributed by atoms with Gasteiger partial charge in [0.05, 0.1) is 6.10 Å². The monoisotopic (exact) mass is 319 g/mol. The molecule has 0 aromatic heterocycles. The molecule has 3 N–H and O–H groups in total. The predicted molar refractivity (Wildman–Crippen MR) is 76.1 cm³/mol. The minimum atomic E-state index is -2.01. The van der Waals surface area contributed by atoms with Gasteiger partial charge in [0.1, 0.15) is 5.60 Å². The SMILES string of the molecule is CC(C)(C)OC(=O)ONCC[C@@](O)(C(=O)O)C1CCCCO1. The van der Waals surface area contributed by atoms with Gasteiger partial charge in [-0.15, -0.1) is 5.48 Å². The van der Waals surface area contributed by atoms with E-state index >= 15 is 0 Å². The maximum atomic E-state index is 11.3. The fourth-order valence-corrected chi connectivity index (χ4v) is 2.15. The van der Waals surface area contributed by atoms with Crippen LogP contribution < -0.4 is 5.48 Å². The fraction of sp³-hybridized carbons (Fsp3) is 0.857. The van der Waals surface area contributed by atoms with E-state index in [0.717, 1.165) is 12.8 Å². The molecule has 0 saturated carbocycles. The van der Waals surface area contributed by atoms with Gasteiger partial charge in [-0.05, 0) is 40.0 Å². The highest BCUT2D eigenvalue weighted by Gasteiger charge is 2.45. The molecule has 1 rings (SSSR count). The van der Waals surface area contributed by atoms with Crippen LogP contribution in [0.15, 0.2) is 0 Å². The standard InChI is InChI=1S/C14H25NO7/c1-13(2,3)21-12(18)22-15-8-7-14(19,11(16)17)10-6-4-5-9-20-10/h10,15,19H,4-9H2,1-3H3,(H,16,17)/t10?,14-/m0/s1. The summed E-state index contributed by atoms with van der Waals surface area (Å²) in [5, 5.41) is 19.6. The molecule has 1 fully saturated rings. The summed E-state index contributed by atoms with van der Waals surface area (Å²) in [6, 6.07) is 0. The van der Waals surface area contributed by atoms with Crippen LogP contribution in [-0.4, -0.2) is 52.8 Å². The van der Waals surface area contributed by atoms with Gasteiger partial charge in [-0.2, -0.15) is 0 Å². The molecule has 128 valence electrons. The summed E-state index contributed by atoms with van der Waals surface area (Å²) in [6.45, 7) is 5.47. The average molecular weight is 319 g/mol. The van der Waals surface area contributed by atoms with Crippen molar-refractivity contribution in [1.82, 2.24) is 5.48 Å². The molecule has 0 bridgehead atoms. The lowest BCUT2D eigenvalue weighted by Crippen LogP contribution is -2.53. The number of rotatable bonds is 6. The molecule has 0 aromatic carbocycles. The van der Waals surface area contributed by atoms with E-state index in [0.29, 0.717) is 13.0 Å². The van der Waals surface area contributed by atoms with E-state index in [4.69, 9.17) is 9.47 Å². The van der Waals surface area contributed by atoms with E-state index < -0.39 is 29.4 Å². The first kappa shape index (κ1) is 18.7. The number of carboxylic acid groups (broad SMARTS) is 1. The van der Waals surface area contributed by atoms with Crippen LogP contribution in [0, 0.1) is 0 Å². The normalized spacial score (nSPS) is 21.7. The van der Waals surface area contributed by atoms with Crippen molar-refractivity contribution >= 4 is 12.1 Å². The van der Waals surface area contributed by atoms with Crippen molar-refractivity contribution in [2.75, 3.05) is 13.2 Å². The van der Waals surface area contributed by atoms with Crippen molar-refractivity contribution < 1.29 is 34.1 Å². The largest absolute Gasteiger partial charge is 0.528 e. The lowest BCUT2D eigenvalue weighted by atomic mass is 9.88. The molecule has 8 nitrogen and oxygen atoms in total. The van der Waals surface area contributed by atoms with Gasteiger partial charge in [0.2, 0.25) is 0 Å². The summed E-state index contributed by atoms with van der Waals surface area (Å²) in [4.78, 5) is 27.3. The van der Waals surface area contributed by atoms with Crippen LogP contribution in [0.4, 0.5) is 4.79 Å². The molecule has 1 saturated heterocycles. The number of carbonyl (C=O) groups is 2. The fourth-order valence-electron chi connectivity index (χ4n) is 2.15. The third-order valence-corrected chi connectivity index (χ3v) is 3.24. The van der Waals surface area contributed by atoms with Crippen LogP contribution in [0.1, 0.15) is 46.5 Å². The van der Waals surface area contributed by atoms with Crippen molar-refractivity contribution in [3.63, 3.8) is 0 Å². The van der Waals surface area contributed by atoms with Crippen molar-refractivity contribution in [2.45, 2.75) is 63.8 Å². The van der Waals surface area contributed by atoms with E-state index in [1.165, 1.54) is 0 Å². The van der Waals surface area contributed by atoms with E-state index in [2.05, 4.69) is 10.3 Å². The molecule has 22 heavy (non-hydrogen) atoms. The topological polar surface area (TPSA) is 114 Å². The predicted octanol–water partition coefficient (Wildman–Crippen LogP) is 1.22. The molecule has 0 aromatic rings. The number of carbonyl (C=O) groups excluding carboxylic acids is 1. The third-order valence-electron chi connectivity index (χ3n) is 3.24. The summed E-state index contributed by atoms with van der Waals surface area (Å²) < 4.78 is 10.3. The molecule has 0 aliphatic carbocycles. The Balaban J connectivity index is 2.42. The van der Waals surface area contributed by atoms with E-state index in [9.17, 15) is 19.8 Å². The molecular formula is C14H25NO7. The number of hydroxylamine groups is 1. The van der Waals surface area contributed by atoms with Crippen molar-refractivity contribution in [3.8, 4) is 0 Å². The second-order valence-electron chi connectivity index (χ2n) is 6.30. The third kappa shape index (κ3) is 5.78. The Kier molecular flexibility index (Phi) is 6.58. The second-order valence-corrected chi connectivity index (χ2v) is 6.30. The van der Waals surface area contributed by atoms with Crippen LogP contribution in [0.5, 0.6) is 0 Å². The summed E-state index contributed by atoms with van der Waals surface area (Å²) >= 11 is 0. The molecule has 0 radical (unpaired) electrons. The van der Waals surface area contributed by atoms with Gasteiger partial charge in [-0.1, -0.05) is 0 Å². The Bertz CT molecular complexity index is 387. The molecule has 1 heterocycles. The lowest BCUT2D eigenvalue weighted by Gasteiger charge is -2.34. The minimum absolute atomic E-state index is 0.0398. The number of carboxylic acids is 1. The van der Waals surface area contributed by atoms with Gasteiger partial charge in [0.15, 0.2) is 5.60 Å². The number of hydrogen-bond acceptors (Lipinski definition) is 7. The van der Waals surface area contributed by atoms with Crippen molar-refractivity contribution in [2.24, 2.45) is 0 Å². The maximum Gasteiger partial charge on any atom is 0.528 e. The van der Waals surface area contributed by atoms with Gasteiger partial charge in [0.25, 0.3) is 0 Å². The number of aliphatic carboxylic acids is 1. The summed E-state index contributed by atoms with van der Waals surface area (Å²) in [5.41, 5.74) is -0.389. The smallest absolute Gasteiger partial charge is 0.479 e. The number of nitrogens with one attached hydrogen (secondary N) is 1. The van der Waals surface area contributed by atoms with Gasteiger partial charge in [-0.3, -0.25) is 0 Å². The lowest BCUT2D eigenvalue weighted by molar-refractivity contribution is -0.183. The molecule has 1 aliphatic heterocycles. The first-order valence-corrected chi connectivity index (χ1v) is 7.35. The van der Waals surface area contributed by atoms with Crippen LogP contribution in [0.2, 0.25) is 0 Å². The quantitative estimate of drug-likeness (QED) is 0.380. The Hall–Kier alpha value is -1.38. The van der Waals surface area contributed by atoms with E-state index in [-0.39, 0.29) is 13.0 Å². The summed E-state index contributed by atoms with van der Waals surface area (Å²) in [7, 11) is 0. The van der Waals surface area contributed by atoms with Crippen LogP contribution in [-0.2, 0) is 19.1 Å². The maximum absolute atomic E-state index is 11.3. The van der Waals surface area contributed by atoms with Crippen LogP contribution in [0.3, 0.4) is 0 Å². The van der Waals surface area contributed by atoms with E-state index in [1.807, 2.05) is 0 Å². The summed E-state index contributed by atoms with van der Waals surface area (Å²) in [6.07, 6.45) is 0.308. The number of aliphatic hydroxyl groups is 1. The Labute approximate surface area is 129 Å². The van der Waals surface area contributed by atoms with Gasteiger partial charge < -0.3 is 24.5 Å². The first-order chi connectivity index (χ1) is 10.1. The molecule has 0 amide bonds. The number of ether oxygens (including phenoxy) is 2. The van der Waals surface area contributed by atoms with Gasteiger partial charge in [0, 0.05) is 19.6 Å². The molecular weight excluding hydrogens is 294 g/mol. The summed E-state index contributed by atoms with van der Waals surface area (Å²) in [5.74, 6) is -1.35. The van der Waals surface area contributed by atoms with Crippen molar-refractivity contribution in [1.29, 1.82) is 0 Å². The second kappa shape index (κ2) is 7.75. The van der Waals surface area contributed by atoms with Gasteiger partial charge in [-0.25, -0.2) is 9.59 Å². The molecule has 1 aliphatic rings. The van der Waals surface area contributed by atoms with E-state index in [1.54, 1.807) is 20.8 Å². The molecule has 0 spiro atoms. The first-order valence-electron chi connectivity index (χ1n) is 7.35. The van der Waals surface area contributed by atoms with Crippen LogP contribution in [0.25, 0.3) is 0 Å². The van der Waals surface area contributed by atoms with Crippen molar-refractivity contribution in [3.05, 3.63) is 0 Å². The zero-order valence-corrected chi connectivity index (χ0v) is 13.3. The highest BCUT2D eigenvalue weighted by molar-refractivity contribution is 5.78. The highest BCUT2D eigenvalue weighted by atomic mass is 16.8.